The molecule has 1 atom stereocenters. The Balaban J connectivity index is 0. The molecule has 0 saturated carbocycles. The van der Waals surface area contributed by atoms with E-state index in [0.29, 0.717) is 17.5 Å². The molecule has 0 spiro atoms. The van der Waals surface area contributed by atoms with E-state index in [9.17, 15) is 22.0 Å². The quantitative estimate of drug-likeness (QED) is 0.317. The fraction of sp³-hybridized carbons (Fsp3) is 0.679. The monoisotopic (exact) mass is 523 g/mol. The number of nitrogens with zero attached hydrogens (tertiary/aromatic N) is 1. The highest BCUT2D eigenvalue weighted by Gasteiger charge is 2.41. The number of alkyl halides is 5. The molecule has 0 radical (unpaired) electrons. The second-order valence-corrected chi connectivity index (χ2v) is 10.9. The highest BCUT2D eigenvalue weighted by Crippen LogP contribution is 2.41. The van der Waals surface area contributed by atoms with Crippen LogP contribution in [-0.4, -0.2) is 35.0 Å². The van der Waals surface area contributed by atoms with Crippen LogP contribution in [0.5, 0.6) is 0 Å². The third-order valence-electron chi connectivity index (χ3n) is 5.08. The Morgan fingerprint density at radius 2 is 1.50 bits per heavy atom. The average Bonchev–Trinajstić information content (AvgIpc) is 2.72. The van der Waals surface area contributed by atoms with Gasteiger partial charge in [0.15, 0.2) is 0 Å². The average molecular weight is 524 g/mol. The molecule has 3 nitrogen and oxygen atoms in total. The molecule has 1 aliphatic rings. The third kappa shape index (κ3) is 17.5. The van der Waals surface area contributed by atoms with E-state index < -0.39 is 29.7 Å². The van der Waals surface area contributed by atoms with Crippen molar-refractivity contribution < 1.29 is 31.9 Å². The first-order valence-corrected chi connectivity index (χ1v) is 12.3. The highest BCUT2D eigenvalue weighted by atomic mass is 19.4. The van der Waals surface area contributed by atoms with Crippen molar-refractivity contribution in [3.05, 3.63) is 48.0 Å². The zero-order valence-electron chi connectivity index (χ0n) is 23.4. The number of aliphatic carboxylic acids is 1. The summed E-state index contributed by atoms with van der Waals surface area (Å²) in [7, 11) is 0. The molecule has 1 unspecified atom stereocenters. The van der Waals surface area contributed by atoms with Crippen LogP contribution in [0.3, 0.4) is 0 Å². The van der Waals surface area contributed by atoms with Gasteiger partial charge in [-0.2, -0.15) is 13.2 Å². The molecule has 1 aromatic carbocycles. The number of benzene rings is 1. The number of hydrogen-bond acceptors (Lipinski definition) is 2. The van der Waals surface area contributed by atoms with Gasteiger partial charge in [-0.3, -0.25) is 9.69 Å². The van der Waals surface area contributed by atoms with Gasteiger partial charge < -0.3 is 5.11 Å². The standard InChI is InChI=1S/C18H24F5N.C6H12.C2H4O2.C2H6/c1-16(2,3)8-10-24-11-9-17(19,20)12-15(24)13-4-6-14(7-5-13)18(21,22)23;1-5-6(2,3)4;1-2(3)4;1-2/h4-7,15H,8-12H2,1-3H3;5H,1H2,2-4H3;1H3,(H,3,4);1-2H3. The van der Waals surface area contributed by atoms with Crippen molar-refractivity contribution in [3.8, 4) is 0 Å². The molecular formula is C28H46F5NO2. The fourth-order valence-corrected chi connectivity index (χ4v) is 2.95. The number of carbonyl (C=O) groups is 1. The van der Waals surface area contributed by atoms with Crippen LogP contribution in [0, 0.1) is 10.8 Å². The number of halogens is 5. The van der Waals surface area contributed by atoms with Gasteiger partial charge in [0, 0.05) is 32.4 Å². The van der Waals surface area contributed by atoms with Gasteiger partial charge in [-0.15, -0.1) is 6.58 Å². The summed E-state index contributed by atoms with van der Waals surface area (Å²) >= 11 is 0. The molecule has 0 bridgehead atoms. The first-order valence-electron chi connectivity index (χ1n) is 12.3. The van der Waals surface area contributed by atoms with E-state index in [0.717, 1.165) is 25.5 Å². The summed E-state index contributed by atoms with van der Waals surface area (Å²) in [5.74, 6) is -3.61. The van der Waals surface area contributed by atoms with Crippen LogP contribution in [0.2, 0.25) is 0 Å². The summed E-state index contributed by atoms with van der Waals surface area (Å²) in [5.41, 5.74) is 0.149. The van der Waals surface area contributed by atoms with Crippen molar-refractivity contribution >= 4 is 5.97 Å². The minimum Gasteiger partial charge on any atom is -0.481 e. The Kier molecular flexibility index (Phi) is 15.4. The predicted octanol–water partition coefficient (Wildman–Crippen LogP) is 9.25. The maximum Gasteiger partial charge on any atom is 0.416 e. The molecule has 36 heavy (non-hydrogen) atoms. The van der Waals surface area contributed by atoms with Crippen LogP contribution in [-0.2, 0) is 11.0 Å². The number of rotatable bonds is 3. The van der Waals surface area contributed by atoms with E-state index in [1.54, 1.807) is 0 Å². The van der Waals surface area contributed by atoms with Crippen LogP contribution >= 0.6 is 0 Å². The molecule has 1 N–H and O–H groups in total. The van der Waals surface area contributed by atoms with Gasteiger partial charge in [0.1, 0.15) is 0 Å². The minimum atomic E-state index is -4.42. The second kappa shape index (κ2) is 15.3. The van der Waals surface area contributed by atoms with Gasteiger partial charge in [0.05, 0.1) is 5.56 Å². The number of piperidine rings is 1. The summed E-state index contributed by atoms with van der Waals surface area (Å²) in [4.78, 5) is 11.0. The summed E-state index contributed by atoms with van der Waals surface area (Å²) in [5, 5.41) is 7.42. The molecule has 0 aliphatic carbocycles. The summed E-state index contributed by atoms with van der Waals surface area (Å²) in [6.07, 6.45) is -2.18. The highest BCUT2D eigenvalue weighted by molar-refractivity contribution is 5.62. The Hall–Kier alpha value is -1.96. The Bertz CT molecular complexity index is 756. The van der Waals surface area contributed by atoms with Gasteiger partial charge >= 0.3 is 6.18 Å². The van der Waals surface area contributed by atoms with Gasteiger partial charge in [-0.25, -0.2) is 8.78 Å². The Labute approximate surface area is 214 Å². The maximum atomic E-state index is 13.8. The van der Waals surface area contributed by atoms with Crippen LogP contribution in [0.25, 0.3) is 0 Å². The van der Waals surface area contributed by atoms with Crippen LogP contribution in [0.15, 0.2) is 36.9 Å². The fourth-order valence-electron chi connectivity index (χ4n) is 2.95. The summed E-state index contributed by atoms with van der Waals surface area (Å²) in [6.45, 7) is 22.3. The van der Waals surface area contributed by atoms with Crippen molar-refractivity contribution in [1.82, 2.24) is 4.90 Å². The molecule has 1 fully saturated rings. The van der Waals surface area contributed by atoms with Crippen molar-refractivity contribution in [2.75, 3.05) is 13.1 Å². The largest absolute Gasteiger partial charge is 0.481 e. The zero-order valence-corrected chi connectivity index (χ0v) is 23.4. The van der Waals surface area contributed by atoms with E-state index in [1.165, 1.54) is 12.1 Å². The van der Waals surface area contributed by atoms with E-state index >= 15 is 0 Å². The van der Waals surface area contributed by atoms with Gasteiger partial charge in [0.25, 0.3) is 11.9 Å². The van der Waals surface area contributed by atoms with E-state index in [4.69, 9.17) is 9.90 Å². The smallest absolute Gasteiger partial charge is 0.416 e. The molecule has 8 heteroatoms. The van der Waals surface area contributed by atoms with Crippen LogP contribution < -0.4 is 0 Å². The van der Waals surface area contributed by atoms with Gasteiger partial charge in [-0.1, -0.05) is 73.6 Å². The summed E-state index contributed by atoms with van der Waals surface area (Å²) in [6, 6.07) is 4.07. The molecular weight excluding hydrogens is 477 g/mol. The number of likely N-dealkylation sites (tertiary alicyclic amines) is 1. The SMILES string of the molecule is C=CC(C)(C)C.CC.CC(=O)O.CC(C)(C)CCN1CCC(F)(F)CC1c1ccc(C(F)(F)F)cc1. The van der Waals surface area contributed by atoms with E-state index in [2.05, 4.69) is 48.1 Å². The van der Waals surface area contributed by atoms with Crippen LogP contribution in [0.1, 0.15) is 98.7 Å². The lowest BCUT2D eigenvalue weighted by Crippen LogP contribution is -2.43. The molecule has 1 aromatic rings. The molecule has 1 heterocycles. The molecule has 1 aliphatic heterocycles. The topological polar surface area (TPSA) is 40.5 Å². The van der Waals surface area contributed by atoms with Gasteiger partial charge in [-0.05, 0) is 41.5 Å². The molecule has 2 rings (SSSR count). The number of carboxylic acids is 1. The minimum absolute atomic E-state index is 0.0741. The Morgan fingerprint density at radius 1 is 1.08 bits per heavy atom. The van der Waals surface area contributed by atoms with Crippen molar-refractivity contribution in [2.24, 2.45) is 10.8 Å². The Morgan fingerprint density at radius 3 is 1.83 bits per heavy atom. The third-order valence-corrected chi connectivity index (χ3v) is 5.08. The second-order valence-electron chi connectivity index (χ2n) is 10.9. The lowest BCUT2D eigenvalue weighted by Gasteiger charge is -2.40. The van der Waals surface area contributed by atoms with Crippen molar-refractivity contribution in [2.45, 2.75) is 99.7 Å². The first kappa shape index (κ1) is 36.2. The molecule has 1 saturated heterocycles. The normalized spacial score (nSPS) is 17.8. The lowest BCUT2D eigenvalue weighted by atomic mass is 9.88. The first-order chi connectivity index (χ1) is 16.2. The number of carboxylic acid groups (broad SMARTS) is 1. The summed E-state index contributed by atoms with van der Waals surface area (Å²) < 4.78 is 65.7. The number of hydrogen-bond donors (Lipinski definition) is 1. The van der Waals surface area contributed by atoms with Gasteiger partial charge in [0.2, 0.25) is 0 Å². The maximum absolute atomic E-state index is 13.8. The van der Waals surface area contributed by atoms with E-state index in [1.807, 2.05) is 24.8 Å². The molecule has 0 aromatic heterocycles. The lowest BCUT2D eigenvalue weighted by molar-refractivity contribution is -0.137. The molecule has 210 valence electrons. The van der Waals surface area contributed by atoms with E-state index in [-0.39, 0.29) is 24.8 Å². The zero-order chi connectivity index (χ0) is 29.0. The predicted molar refractivity (Wildman–Crippen MR) is 138 cm³/mol. The van der Waals surface area contributed by atoms with Crippen molar-refractivity contribution in [1.29, 1.82) is 0 Å². The van der Waals surface area contributed by atoms with Crippen LogP contribution in [0.4, 0.5) is 22.0 Å². The molecule has 0 amide bonds. The number of allylic oxidation sites excluding steroid dienone is 1. The van der Waals surface area contributed by atoms with Crippen molar-refractivity contribution in [3.63, 3.8) is 0 Å².